The van der Waals surface area contributed by atoms with Gasteiger partial charge < -0.3 is 24.0 Å². The van der Waals surface area contributed by atoms with Gasteiger partial charge in [-0.1, -0.05) is 26.0 Å². The van der Waals surface area contributed by atoms with Crippen LogP contribution in [-0.4, -0.2) is 30.4 Å². The number of rotatable bonds is 8. The van der Waals surface area contributed by atoms with Crippen molar-refractivity contribution in [3.63, 3.8) is 0 Å². The molecule has 0 fully saturated rings. The first kappa shape index (κ1) is 21.2. The molecule has 2 aromatic rings. The van der Waals surface area contributed by atoms with E-state index < -0.39 is 13.9 Å². The lowest BCUT2D eigenvalue weighted by Gasteiger charge is -2.17. The largest absolute Gasteiger partial charge is 0.496 e. The maximum atomic E-state index is 14.0. The SMILES string of the molecule is COc1cc(OCP(=O)(O)O)cc(OC)c1Cc1ccc(F)c(C(C)C)c1. The van der Waals surface area contributed by atoms with Gasteiger partial charge in [0.1, 0.15) is 23.1 Å². The summed E-state index contributed by atoms with van der Waals surface area (Å²) in [6.45, 7) is 3.85. The zero-order valence-electron chi connectivity index (χ0n) is 15.7. The van der Waals surface area contributed by atoms with Crippen molar-refractivity contribution < 1.29 is 33.0 Å². The first-order valence-electron chi connectivity index (χ1n) is 8.35. The van der Waals surface area contributed by atoms with E-state index in [0.717, 1.165) is 11.1 Å². The predicted octanol–water partition coefficient (Wildman–Crippen LogP) is 4.07. The number of benzene rings is 2. The van der Waals surface area contributed by atoms with Crippen LogP contribution in [0.4, 0.5) is 4.39 Å². The summed E-state index contributed by atoms with van der Waals surface area (Å²) in [5, 5.41) is 0. The highest BCUT2D eigenvalue weighted by atomic mass is 31.2. The van der Waals surface area contributed by atoms with Gasteiger partial charge in [0.2, 0.25) is 0 Å². The van der Waals surface area contributed by atoms with Gasteiger partial charge in [-0.2, -0.15) is 0 Å². The summed E-state index contributed by atoms with van der Waals surface area (Å²) in [6, 6.07) is 8.05. The highest BCUT2D eigenvalue weighted by Gasteiger charge is 2.18. The fourth-order valence-corrected chi connectivity index (χ4v) is 3.04. The molecular formula is C19H24FO6P. The Hall–Kier alpha value is -2.08. The molecule has 0 bridgehead atoms. The lowest BCUT2D eigenvalue weighted by Crippen LogP contribution is -2.03. The number of hydrogen-bond donors (Lipinski definition) is 2. The summed E-state index contributed by atoms with van der Waals surface area (Å²) in [5.41, 5.74) is 2.25. The quantitative estimate of drug-likeness (QED) is 0.652. The van der Waals surface area contributed by atoms with Crippen molar-refractivity contribution in [2.75, 3.05) is 20.6 Å². The summed E-state index contributed by atoms with van der Waals surface area (Å²) < 4.78 is 40.9. The van der Waals surface area contributed by atoms with Gasteiger partial charge >= 0.3 is 7.60 Å². The van der Waals surface area contributed by atoms with E-state index in [0.29, 0.717) is 23.5 Å². The second-order valence-corrected chi connectivity index (χ2v) is 8.02. The van der Waals surface area contributed by atoms with E-state index in [9.17, 15) is 8.96 Å². The van der Waals surface area contributed by atoms with Gasteiger partial charge in [-0.15, -0.1) is 0 Å². The minimum Gasteiger partial charge on any atom is -0.496 e. The maximum absolute atomic E-state index is 14.0. The van der Waals surface area contributed by atoms with Crippen LogP contribution in [0.5, 0.6) is 17.2 Å². The van der Waals surface area contributed by atoms with Crippen LogP contribution >= 0.6 is 7.60 Å². The molecule has 148 valence electrons. The monoisotopic (exact) mass is 398 g/mol. The highest BCUT2D eigenvalue weighted by molar-refractivity contribution is 7.51. The molecule has 0 atom stereocenters. The summed E-state index contributed by atoms with van der Waals surface area (Å²) in [6.07, 6.45) is -0.306. The minimum absolute atomic E-state index is 0.0529. The molecule has 2 rings (SSSR count). The van der Waals surface area contributed by atoms with Crippen molar-refractivity contribution in [1.29, 1.82) is 0 Å². The molecule has 2 aromatic carbocycles. The number of ether oxygens (including phenoxy) is 3. The molecule has 0 heterocycles. The van der Waals surface area contributed by atoms with Crippen LogP contribution in [0.3, 0.4) is 0 Å². The molecule has 0 aliphatic rings. The van der Waals surface area contributed by atoms with Crippen LogP contribution < -0.4 is 14.2 Å². The molecule has 0 aliphatic heterocycles. The predicted molar refractivity (Wildman–Crippen MR) is 100 cm³/mol. The number of halogens is 1. The van der Waals surface area contributed by atoms with Crippen LogP contribution in [0.15, 0.2) is 30.3 Å². The highest BCUT2D eigenvalue weighted by Crippen LogP contribution is 2.39. The third kappa shape index (κ3) is 5.70. The molecule has 0 radical (unpaired) electrons. The zero-order chi connectivity index (χ0) is 20.2. The van der Waals surface area contributed by atoms with Crippen molar-refractivity contribution in [3.05, 3.63) is 52.8 Å². The van der Waals surface area contributed by atoms with Crippen molar-refractivity contribution in [2.45, 2.75) is 26.2 Å². The second kappa shape index (κ2) is 8.74. The van der Waals surface area contributed by atoms with Crippen molar-refractivity contribution in [3.8, 4) is 17.2 Å². The Morgan fingerprint density at radius 1 is 1.07 bits per heavy atom. The first-order valence-corrected chi connectivity index (χ1v) is 10.1. The van der Waals surface area contributed by atoms with Crippen LogP contribution in [-0.2, 0) is 11.0 Å². The molecule has 27 heavy (non-hydrogen) atoms. The smallest absolute Gasteiger partial charge is 0.362 e. The van der Waals surface area contributed by atoms with Crippen LogP contribution in [0.1, 0.15) is 36.5 Å². The molecule has 6 nitrogen and oxygen atoms in total. The minimum atomic E-state index is -4.30. The molecule has 2 N–H and O–H groups in total. The van der Waals surface area contributed by atoms with E-state index >= 15 is 0 Å². The van der Waals surface area contributed by atoms with Crippen LogP contribution in [0.2, 0.25) is 0 Å². The topological polar surface area (TPSA) is 85.2 Å². The summed E-state index contributed by atoms with van der Waals surface area (Å²) in [5.74, 6) is 0.930. The molecule has 0 unspecified atom stereocenters. The second-order valence-electron chi connectivity index (χ2n) is 6.43. The average molecular weight is 398 g/mol. The van der Waals surface area contributed by atoms with Gasteiger partial charge in [0.15, 0.2) is 6.35 Å². The molecule has 0 aromatic heterocycles. The maximum Gasteiger partial charge on any atom is 0.362 e. The van der Waals surface area contributed by atoms with E-state index in [2.05, 4.69) is 0 Å². The van der Waals surface area contributed by atoms with E-state index in [1.54, 1.807) is 18.2 Å². The molecule has 8 heteroatoms. The van der Waals surface area contributed by atoms with E-state index in [1.807, 2.05) is 19.9 Å². The van der Waals surface area contributed by atoms with Gasteiger partial charge in [-0.3, -0.25) is 4.57 Å². The average Bonchev–Trinajstić information content (AvgIpc) is 2.61. The van der Waals surface area contributed by atoms with Crippen molar-refractivity contribution in [2.24, 2.45) is 0 Å². The molecule has 0 aliphatic carbocycles. The Kier molecular flexibility index (Phi) is 6.87. The Morgan fingerprint density at radius 2 is 1.67 bits per heavy atom. The third-order valence-electron chi connectivity index (χ3n) is 4.04. The number of methoxy groups -OCH3 is 2. The zero-order valence-corrected chi connectivity index (χ0v) is 16.6. The molecular weight excluding hydrogens is 374 g/mol. The number of hydrogen-bond acceptors (Lipinski definition) is 4. The first-order chi connectivity index (χ1) is 12.6. The van der Waals surface area contributed by atoms with Gasteiger partial charge in [-0.05, 0) is 23.1 Å². The van der Waals surface area contributed by atoms with E-state index in [-0.39, 0.29) is 17.5 Å². The molecule has 0 saturated heterocycles. The Balaban J connectivity index is 2.38. The molecule has 0 saturated carbocycles. The summed E-state index contributed by atoms with van der Waals surface area (Å²) >= 11 is 0. The van der Waals surface area contributed by atoms with Crippen molar-refractivity contribution in [1.82, 2.24) is 0 Å². The van der Waals surface area contributed by atoms with Gasteiger partial charge in [0, 0.05) is 24.1 Å². The van der Waals surface area contributed by atoms with Crippen LogP contribution in [0, 0.1) is 5.82 Å². The Bertz CT molecular complexity index is 821. The Morgan fingerprint density at radius 3 is 2.15 bits per heavy atom. The Labute approximate surface area is 158 Å². The lowest BCUT2D eigenvalue weighted by molar-refractivity contribution is 0.297. The normalized spacial score (nSPS) is 11.6. The molecule has 0 spiro atoms. The fraction of sp³-hybridized carbons (Fsp3) is 0.368. The summed E-state index contributed by atoms with van der Waals surface area (Å²) in [7, 11) is -1.34. The van der Waals surface area contributed by atoms with E-state index in [1.165, 1.54) is 20.3 Å². The summed E-state index contributed by atoms with van der Waals surface area (Å²) in [4.78, 5) is 17.9. The molecule has 0 amide bonds. The van der Waals surface area contributed by atoms with Gasteiger partial charge in [0.25, 0.3) is 0 Å². The third-order valence-corrected chi connectivity index (χ3v) is 4.51. The van der Waals surface area contributed by atoms with E-state index in [4.69, 9.17) is 24.0 Å². The lowest BCUT2D eigenvalue weighted by atomic mass is 9.96. The standard InChI is InChI=1S/C19H24FO6P/c1-12(2)15-7-13(5-6-17(15)20)8-16-18(24-3)9-14(10-19(16)25-4)26-11-27(21,22)23/h5-7,9-10,12H,8,11H2,1-4H3,(H2,21,22,23). The van der Waals surface area contributed by atoms with Gasteiger partial charge in [0.05, 0.1) is 14.2 Å². The van der Waals surface area contributed by atoms with Crippen LogP contribution in [0.25, 0.3) is 0 Å². The van der Waals surface area contributed by atoms with Gasteiger partial charge in [-0.25, -0.2) is 4.39 Å². The van der Waals surface area contributed by atoms with Crippen molar-refractivity contribution >= 4 is 7.60 Å². The fourth-order valence-electron chi connectivity index (χ4n) is 2.73.